The van der Waals surface area contributed by atoms with Gasteiger partial charge in [0.25, 0.3) is 0 Å². The molecular formula is C22H34FN3O5. The normalized spacial score (nSPS) is 27.5. The fourth-order valence-corrected chi connectivity index (χ4v) is 3.92. The van der Waals surface area contributed by atoms with Crippen LogP contribution in [0.1, 0.15) is 54.4 Å². The summed E-state index contributed by atoms with van der Waals surface area (Å²) >= 11 is 0. The number of alkyl carbamates (subject to hydrolysis) is 1. The van der Waals surface area contributed by atoms with Crippen LogP contribution in [0, 0.1) is 11.3 Å². The van der Waals surface area contributed by atoms with E-state index in [1.807, 2.05) is 0 Å². The van der Waals surface area contributed by atoms with Crippen molar-refractivity contribution in [1.82, 2.24) is 10.2 Å². The average Bonchev–Trinajstić information content (AvgIpc) is 2.96. The molecule has 0 spiro atoms. The lowest BCUT2D eigenvalue weighted by atomic mass is 9.81. The molecule has 0 radical (unpaired) electrons. The molecule has 4 atom stereocenters. The second-order valence-electron chi connectivity index (χ2n) is 10.4. The molecule has 3 amide bonds. The highest BCUT2D eigenvalue weighted by atomic mass is 19.1. The van der Waals surface area contributed by atoms with E-state index >= 15 is 0 Å². The lowest BCUT2D eigenvalue weighted by Gasteiger charge is -2.36. The molecule has 1 fully saturated rings. The Labute approximate surface area is 182 Å². The van der Waals surface area contributed by atoms with Gasteiger partial charge in [0, 0.05) is 18.8 Å². The van der Waals surface area contributed by atoms with E-state index < -0.39 is 52.5 Å². The van der Waals surface area contributed by atoms with Crippen LogP contribution in [0.15, 0.2) is 24.1 Å². The molecule has 1 aliphatic heterocycles. The Hall–Kier alpha value is -2.42. The van der Waals surface area contributed by atoms with Gasteiger partial charge in [-0.3, -0.25) is 9.59 Å². The van der Waals surface area contributed by atoms with E-state index in [-0.39, 0.29) is 25.2 Å². The fourth-order valence-electron chi connectivity index (χ4n) is 3.92. The summed E-state index contributed by atoms with van der Waals surface area (Å²) in [6, 6.07) is -2.12. The van der Waals surface area contributed by atoms with Crippen LogP contribution in [0.25, 0.3) is 0 Å². The van der Waals surface area contributed by atoms with Gasteiger partial charge in [0.1, 0.15) is 23.5 Å². The predicted molar refractivity (Wildman–Crippen MR) is 113 cm³/mol. The summed E-state index contributed by atoms with van der Waals surface area (Å²) in [7, 11) is 0. The maximum atomic E-state index is 13.8. The van der Waals surface area contributed by atoms with E-state index in [0.717, 1.165) is 0 Å². The SMILES string of the molecule is CC(C)(C)OC(=O)N[C@H](C(=O)N1C[C@](O)(C2C=CC=C(F)C2)C[C@H]1C(N)=O)C(C)(C)C. The first kappa shape index (κ1) is 24.8. The van der Waals surface area contributed by atoms with Crippen molar-refractivity contribution in [3.63, 3.8) is 0 Å². The standard InChI is InChI=1S/C22H34FN3O5/c1-20(2,3)16(25-19(29)31-21(4,5)6)18(28)26-12-22(30,11-15(26)17(24)27)13-8-7-9-14(23)10-13/h7-9,13,15-16,30H,10-12H2,1-6H3,(H2,24,27)(H,25,29)/t13?,15-,16+,22-/m0/s1. The maximum absolute atomic E-state index is 13.8. The Kier molecular flexibility index (Phi) is 6.90. The van der Waals surface area contributed by atoms with E-state index in [1.54, 1.807) is 47.6 Å². The van der Waals surface area contributed by atoms with E-state index in [4.69, 9.17) is 10.5 Å². The molecule has 2 rings (SSSR count). The first-order valence-electron chi connectivity index (χ1n) is 10.4. The summed E-state index contributed by atoms with van der Waals surface area (Å²) in [5.74, 6) is -2.33. The molecule has 9 heteroatoms. The Morgan fingerprint density at radius 2 is 1.90 bits per heavy atom. The highest BCUT2D eigenvalue weighted by Gasteiger charge is 2.53. The number of hydrogen-bond donors (Lipinski definition) is 3. The lowest BCUT2D eigenvalue weighted by Crippen LogP contribution is -2.58. The second-order valence-corrected chi connectivity index (χ2v) is 10.4. The minimum atomic E-state index is -1.52. The number of ether oxygens (including phenoxy) is 1. The molecule has 174 valence electrons. The number of carbonyl (C=O) groups is 3. The van der Waals surface area contributed by atoms with Gasteiger partial charge >= 0.3 is 6.09 Å². The number of halogens is 1. The van der Waals surface area contributed by atoms with Gasteiger partial charge in [-0.15, -0.1) is 0 Å². The Morgan fingerprint density at radius 3 is 2.39 bits per heavy atom. The van der Waals surface area contributed by atoms with Gasteiger partial charge in [0.2, 0.25) is 11.8 Å². The van der Waals surface area contributed by atoms with Crippen molar-refractivity contribution in [2.45, 2.75) is 77.7 Å². The predicted octanol–water partition coefficient (Wildman–Crippen LogP) is 2.17. The largest absolute Gasteiger partial charge is 0.444 e. The molecule has 4 N–H and O–H groups in total. The zero-order chi connectivity index (χ0) is 23.8. The van der Waals surface area contributed by atoms with Gasteiger partial charge in [-0.1, -0.05) is 32.9 Å². The first-order chi connectivity index (χ1) is 14.0. The zero-order valence-corrected chi connectivity index (χ0v) is 19.1. The minimum absolute atomic E-state index is 0.0284. The minimum Gasteiger partial charge on any atom is -0.444 e. The van der Waals surface area contributed by atoms with Gasteiger partial charge in [0.15, 0.2) is 0 Å². The maximum Gasteiger partial charge on any atom is 0.408 e. The Bertz CT molecular complexity index is 796. The van der Waals surface area contributed by atoms with Crippen LogP contribution in [-0.4, -0.2) is 57.7 Å². The number of nitrogens with one attached hydrogen (secondary N) is 1. The van der Waals surface area contributed by atoms with Crippen LogP contribution < -0.4 is 11.1 Å². The average molecular weight is 440 g/mol. The highest BCUT2D eigenvalue weighted by molar-refractivity contribution is 5.92. The number of allylic oxidation sites excluding steroid dienone is 3. The molecule has 1 heterocycles. The van der Waals surface area contributed by atoms with Gasteiger partial charge in [0.05, 0.1) is 12.1 Å². The van der Waals surface area contributed by atoms with Crippen molar-refractivity contribution in [2.24, 2.45) is 17.1 Å². The van der Waals surface area contributed by atoms with Crippen molar-refractivity contribution in [2.75, 3.05) is 6.54 Å². The van der Waals surface area contributed by atoms with Crippen LogP contribution in [0.3, 0.4) is 0 Å². The third-order valence-corrected chi connectivity index (χ3v) is 5.48. The second kappa shape index (κ2) is 8.61. The number of primary amides is 1. The zero-order valence-electron chi connectivity index (χ0n) is 19.1. The number of rotatable bonds is 4. The number of amides is 3. The molecule has 31 heavy (non-hydrogen) atoms. The number of carbonyl (C=O) groups excluding carboxylic acids is 3. The van der Waals surface area contributed by atoms with Gasteiger partial charge in [-0.2, -0.15) is 0 Å². The van der Waals surface area contributed by atoms with Crippen LogP contribution in [-0.2, 0) is 14.3 Å². The van der Waals surface area contributed by atoms with Crippen molar-refractivity contribution in [1.29, 1.82) is 0 Å². The molecule has 0 aromatic rings. The van der Waals surface area contributed by atoms with Crippen molar-refractivity contribution >= 4 is 17.9 Å². The molecule has 0 aromatic heterocycles. The van der Waals surface area contributed by atoms with Crippen molar-refractivity contribution < 1.29 is 28.6 Å². The third kappa shape index (κ3) is 6.06. The summed E-state index contributed by atoms with van der Waals surface area (Å²) in [6.07, 6.45) is 3.57. The number of likely N-dealkylation sites (tertiary alicyclic amines) is 1. The molecule has 0 saturated carbocycles. The van der Waals surface area contributed by atoms with Crippen LogP contribution in [0.2, 0.25) is 0 Å². The molecule has 1 saturated heterocycles. The van der Waals surface area contributed by atoms with Gasteiger partial charge in [-0.05, 0) is 32.3 Å². The first-order valence-corrected chi connectivity index (χ1v) is 10.4. The molecule has 2 aliphatic rings. The summed E-state index contributed by atoms with van der Waals surface area (Å²) in [5, 5.41) is 13.8. The number of aliphatic hydroxyl groups is 1. The molecule has 0 aromatic carbocycles. The van der Waals surface area contributed by atoms with Gasteiger partial charge < -0.3 is 25.8 Å². The fraction of sp³-hybridized carbons (Fsp3) is 0.682. The van der Waals surface area contributed by atoms with Crippen LogP contribution in [0.5, 0.6) is 0 Å². The monoisotopic (exact) mass is 439 g/mol. The Morgan fingerprint density at radius 1 is 1.29 bits per heavy atom. The topological polar surface area (TPSA) is 122 Å². The van der Waals surface area contributed by atoms with Crippen LogP contribution in [0.4, 0.5) is 9.18 Å². The van der Waals surface area contributed by atoms with Crippen molar-refractivity contribution in [3.8, 4) is 0 Å². The molecule has 0 bridgehead atoms. The molecule has 1 unspecified atom stereocenters. The van der Waals surface area contributed by atoms with Gasteiger partial charge in [-0.25, -0.2) is 9.18 Å². The van der Waals surface area contributed by atoms with E-state index in [1.165, 1.54) is 17.1 Å². The number of nitrogens with zero attached hydrogens (tertiary/aromatic N) is 1. The lowest BCUT2D eigenvalue weighted by molar-refractivity contribution is -0.141. The molecular weight excluding hydrogens is 405 g/mol. The Balaban J connectivity index is 2.29. The van der Waals surface area contributed by atoms with Crippen LogP contribution >= 0.6 is 0 Å². The summed E-state index contributed by atoms with van der Waals surface area (Å²) in [4.78, 5) is 39.2. The number of β-amino-alcohol motifs (C(OH)–C–C–N with tert-alkyl or cyclic N) is 1. The number of hydrogen-bond acceptors (Lipinski definition) is 5. The molecule has 1 aliphatic carbocycles. The van der Waals surface area contributed by atoms with E-state index in [9.17, 15) is 23.9 Å². The van der Waals surface area contributed by atoms with E-state index in [0.29, 0.717) is 0 Å². The van der Waals surface area contributed by atoms with E-state index in [2.05, 4.69) is 5.32 Å². The van der Waals surface area contributed by atoms with Crippen molar-refractivity contribution in [3.05, 3.63) is 24.1 Å². The summed E-state index contributed by atoms with van der Waals surface area (Å²) in [5.41, 5.74) is 2.53. The summed E-state index contributed by atoms with van der Waals surface area (Å²) in [6.45, 7) is 10.2. The smallest absolute Gasteiger partial charge is 0.408 e. The third-order valence-electron chi connectivity index (χ3n) is 5.48. The number of nitrogens with two attached hydrogens (primary N) is 1. The highest BCUT2D eigenvalue weighted by Crippen LogP contribution is 2.39. The molecule has 8 nitrogen and oxygen atoms in total. The summed E-state index contributed by atoms with van der Waals surface area (Å²) < 4.78 is 19.1. The quantitative estimate of drug-likeness (QED) is 0.620.